The Kier molecular flexibility index (Phi) is 17.2. The topological polar surface area (TPSA) is 269 Å². The first kappa shape index (κ1) is 41.1. The molecule has 1 radical (unpaired) electrons. The minimum absolute atomic E-state index is 0. The Morgan fingerprint density at radius 2 is 1.02 bits per heavy atom. The minimum atomic E-state index is -4.94. The second kappa shape index (κ2) is 19.7. The summed E-state index contributed by atoms with van der Waals surface area (Å²) in [5, 5.41) is 0. The van der Waals surface area contributed by atoms with Crippen LogP contribution in [0.4, 0.5) is 0 Å². The predicted molar refractivity (Wildman–Crippen MR) is 139 cm³/mol. The average molecular weight is 744 g/mol. The number of imidazole rings is 1. The van der Waals surface area contributed by atoms with Gasteiger partial charge in [0, 0.05) is 31.8 Å². The number of aryl methyl sites for hydroxylation is 1. The van der Waals surface area contributed by atoms with Crippen molar-refractivity contribution in [2.45, 2.75) is 0 Å². The second-order valence-electron chi connectivity index (χ2n) is 8.45. The van der Waals surface area contributed by atoms with Crippen LogP contribution >= 0.6 is 0 Å². The van der Waals surface area contributed by atoms with Gasteiger partial charge in [0.2, 0.25) is 5.75 Å². The van der Waals surface area contributed by atoms with Crippen LogP contribution in [0.3, 0.4) is 0 Å². The first-order chi connectivity index (χ1) is 21.6. The molecule has 4 heterocycles. The van der Waals surface area contributed by atoms with Gasteiger partial charge in [0.1, 0.15) is 0 Å². The Bertz CT molecular complexity index is 1500. The molecule has 4 aromatic heterocycles. The summed E-state index contributed by atoms with van der Waals surface area (Å²) in [5.74, 6) is 1.72. The standard InChI is InChI=1S/C24H21N3O3.C4H6N2.2ClHO4.Cu/c1-28-22-14-17(15-23(29-2)24(22)30-3)16-12-20(18-8-4-6-10-25-18)27-21(13-16)19-9-5-7-11-26-19;1-6-3-2-5-4-6;2*2-1(3,4)5;/h4-15H,1-3H3;2-4H,1H3;2*(H,2,3,4,5);/q;;;;+2/p-2. The van der Waals surface area contributed by atoms with E-state index in [0.29, 0.717) is 17.2 Å². The molecule has 0 atom stereocenters. The number of hydrogen-bond donors (Lipinski definition) is 0. The summed E-state index contributed by atoms with van der Waals surface area (Å²) in [6, 6.07) is 19.3. The predicted octanol–water partition coefficient (Wildman–Crippen LogP) is -4.20. The molecule has 0 aliphatic heterocycles. The average Bonchev–Trinajstić information content (AvgIpc) is 3.50. The number of pyridine rings is 3. The van der Waals surface area contributed by atoms with Crippen molar-refractivity contribution in [2.24, 2.45) is 7.05 Å². The van der Waals surface area contributed by atoms with E-state index in [1.54, 1.807) is 46.2 Å². The maximum atomic E-state index is 8.49. The van der Waals surface area contributed by atoms with Crippen LogP contribution in [0, 0.1) is 20.5 Å². The van der Waals surface area contributed by atoms with E-state index in [-0.39, 0.29) is 17.1 Å². The van der Waals surface area contributed by atoms with E-state index in [1.165, 1.54) is 0 Å². The molecule has 47 heavy (non-hydrogen) atoms. The Morgan fingerprint density at radius 3 is 1.30 bits per heavy atom. The van der Waals surface area contributed by atoms with Gasteiger partial charge in [-0.1, -0.05) is 12.1 Å². The van der Waals surface area contributed by atoms with Crippen LogP contribution in [0.25, 0.3) is 33.9 Å². The quantitative estimate of drug-likeness (QED) is 0.149. The van der Waals surface area contributed by atoms with Crippen LogP contribution in [0.1, 0.15) is 0 Å². The molecule has 0 saturated heterocycles. The molecule has 5 aromatic rings. The maximum Gasteiger partial charge on any atom is 2.00 e. The molecule has 0 saturated carbocycles. The van der Waals surface area contributed by atoms with E-state index in [1.807, 2.05) is 78.5 Å². The molecule has 0 aliphatic rings. The summed E-state index contributed by atoms with van der Waals surface area (Å²) in [6.45, 7) is 0. The summed E-state index contributed by atoms with van der Waals surface area (Å²) >= 11 is 0. The number of halogens is 2. The van der Waals surface area contributed by atoms with Crippen molar-refractivity contribution in [1.82, 2.24) is 24.5 Å². The summed E-state index contributed by atoms with van der Waals surface area (Å²) < 4.78 is 86.3. The molecule has 0 spiro atoms. The van der Waals surface area contributed by atoms with E-state index < -0.39 is 20.5 Å². The van der Waals surface area contributed by atoms with E-state index in [4.69, 9.17) is 56.5 Å². The maximum absolute atomic E-state index is 8.49. The summed E-state index contributed by atoms with van der Waals surface area (Å²) in [7, 11) is -3.16. The van der Waals surface area contributed by atoms with Gasteiger partial charge in [-0.2, -0.15) is 0 Å². The Hall–Kier alpha value is -3.94. The zero-order valence-electron chi connectivity index (χ0n) is 24.9. The zero-order valence-corrected chi connectivity index (χ0v) is 27.4. The Morgan fingerprint density at radius 1 is 0.596 bits per heavy atom. The number of nitrogens with zero attached hydrogens (tertiary/aromatic N) is 5. The number of hydrogen-bond acceptors (Lipinski definition) is 15. The van der Waals surface area contributed by atoms with Gasteiger partial charge in [-0.3, -0.25) is 9.97 Å². The van der Waals surface area contributed by atoms with Gasteiger partial charge in [0.05, 0.1) is 50.4 Å². The van der Waals surface area contributed by atoms with Crippen molar-refractivity contribution in [3.05, 3.63) is 91.8 Å². The number of benzene rings is 1. The van der Waals surface area contributed by atoms with Gasteiger partial charge in [-0.25, -0.2) is 47.2 Å². The molecular weight excluding hydrogens is 717 g/mol. The fourth-order valence-electron chi connectivity index (χ4n) is 3.56. The molecule has 5 rings (SSSR count). The molecular formula is C28H27Cl2CuN5O11. The van der Waals surface area contributed by atoms with Crippen LogP contribution in [-0.2, 0) is 24.1 Å². The van der Waals surface area contributed by atoms with Crippen LogP contribution in [0.5, 0.6) is 17.2 Å². The summed E-state index contributed by atoms with van der Waals surface area (Å²) in [5.41, 5.74) is 4.91. The molecule has 19 heteroatoms. The van der Waals surface area contributed by atoms with Crippen LogP contribution in [0.2, 0.25) is 0 Å². The number of rotatable bonds is 6. The van der Waals surface area contributed by atoms with Crippen LogP contribution in [-0.4, -0.2) is 45.8 Å². The van der Waals surface area contributed by atoms with E-state index in [0.717, 1.165) is 33.9 Å². The number of aromatic nitrogens is 5. The van der Waals surface area contributed by atoms with Gasteiger partial charge in [0.25, 0.3) is 0 Å². The Balaban J connectivity index is 0.000000535. The molecule has 0 amide bonds. The summed E-state index contributed by atoms with van der Waals surface area (Å²) in [4.78, 5) is 17.5. The van der Waals surface area contributed by atoms with E-state index in [2.05, 4.69) is 15.0 Å². The van der Waals surface area contributed by atoms with Crippen molar-refractivity contribution in [3.8, 4) is 51.2 Å². The zero-order chi connectivity index (χ0) is 34.3. The molecule has 0 unspecified atom stereocenters. The molecule has 16 nitrogen and oxygen atoms in total. The number of methoxy groups -OCH3 is 3. The number of ether oxygens (including phenoxy) is 3. The SMILES string of the molecule is COc1cc(-c2cc(-c3ccccn3)nc(-c3ccccn3)c2)cc(OC)c1OC.Cn1ccnc1.[Cu+2].[O-][Cl+3]([O-])([O-])[O-].[O-][Cl+3]([O-])([O-])[O-]. The van der Waals surface area contributed by atoms with Crippen molar-refractivity contribution < 1.29 is 89.0 Å². The van der Waals surface area contributed by atoms with Gasteiger partial charge < -0.3 is 18.8 Å². The fraction of sp³-hybridized carbons (Fsp3) is 0.143. The third kappa shape index (κ3) is 15.9. The van der Waals surface area contributed by atoms with Crippen molar-refractivity contribution >= 4 is 0 Å². The molecule has 255 valence electrons. The van der Waals surface area contributed by atoms with Gasteiger partial charge in [-0.05, 0) is 59.7 Å². The largest absolute Gasteiger partial charge is 2.00 e. The van der Waals surface area contributed by atoms with Crippen molar-refractivity contribution in [2.75, 3.05) is 21.3 Å². The van der Waals surface area contributed by atoms with Crippen molar-refractivity contribution in [3.63, 3.8) is 0 Å². The second-order valence-corrected chi connectivity index (χ2v) is 9.97. The van der Waals surface area contributed by atoms with Gasteiger partial charge >= 0.3 is 17.1 Å². The smallest absolute Gasteiger partial charge is 0.493 e. The van der Waals surface area contributed by atoms with Crippen LogP contribution < -0.4 is 51.5 Å². The molecule has 0 fully saturated rings. The Labute approximate surface area is 284 Å². The molecule has 0 N–H and O–H groups in total. The minimum Gasteiger partial charge on any atom is -0.493 e. The van der Waals surface area contributed by atoms with Crippen molar-refractivity contribution in [1.29, 1.82) is 0 Å². The first-order valence-electron chi connectivity index (χ1n) is 12.4. The van der Waals surface area contributed by atoms with Gasteiger partial charge in [-0.15, -0.1) is 20.5 Å². The first-order valence-corrected chi connectivity index (χ1v) is 14.9. The van der Waals surface area contributed by atoms with E-state index >= 15 is 0 Å². The normalized spacial score (nSPS) is 10.4. The molecule has 0 bridgehead atoms. The van der Waals surface area contributed by atoms with E-state index in [9.17, 15) is 0 Å². The van der Waals surface area contributed by atoms with Gasteiger partial charge in [0.15, 0.2) is 11.5 Å². The third-order valence-corrected chi connectivity index (χ3v) is 5.31. The van der Waals surface area contributed by atoms with Crippen LogP contribution in [0.15, 0.2) is 91.8 Å². The monoisotopic (exact) mass is 742 g/mol. The molecule has 1 aromatic carbocycles. The summed E-state index contributed by atoms with van der Waals surface area (Å²) in [6.07, 6.45) is 8.90. The molecule has 0 aliphatic carbocycles. The third-order valence-electron chi connectivity index (χ3n) is 5.31. The fourth-order valence-corrected chi connectivity index (χ4v) is 3.56.